The van der Waals surface area contributed by atoms with E-state index in [1.54, 1.807) is 0 Å². The molecule has 0 N–H and O–H groups in total. The topological polar surface area (TPSA) is 45.6 Å². The molecule has 2 aromatic rings. The number of fused-ring (bicyclic) bond motifs is 1. The van der Waals surface area contributed by atoms with E-state index >= 15 is 0 Å². The lowest BCUT2D eigenvalue weighted by atomic mass is 9.78. The van der Waals surface area contributed by atoms with Crippen molar-refractivity contribution in [3.05, 3.63) is 35.5 Å². The molecule has 1 atom stereocenters. The number of carbonyl (C=O) groups excluding carboxylic acids is 2. The minimum Gasteiger partial charge on any atom is -0.345 e. The Bertz CT molecular complexity index is 830. The average Bonchev–Trinajstić information content (AvgIpc) is 3.14. The highest BCUT2D eigenvalue weighted by Gasteiger charge is 2.49. The highest BCUT2D eigenvalue weighted by Crippen LogP contribution is 2.40. The summed E-state index contributed by atoms with van der Waals surface area (Å²) < 4.78 is 1.99. The first-order valence-electron chi connectivity index (χ1n) is 9.03. The van der Waals surface area contributed by atoms with E-state index in [1.165, 1.54) is 0 Å². The van der Waals surface area contributed by atoms with Gasteiger partial charge in [-0.3, -0.25) is 9.59 Å². The summed E-state index contributed by atoms with van der Waals surface area (Å²) >= 11 is 0. The summed E-state index contributed by atoms with van der Waals surface area (Å²) in [5.74, 6) is 0.261. The SMILES string of the molecule is Cc1c(C(=O)N2CCC3(CCCN(C)C3=O)C2)n(C)c2ccccc12. The van der Waals surface area contributed by atoms with Crippen LogP contribution in [0, 0.1) is 12.3 Å². The van der Waals surface area contributed by atoms with Gasteiger partial charge in [-0.15, -0.1) is 0 Å². The van der Waals surface area contributed by atoms with Crippen LogP contribution in [0.3, 0.4) is 0 Å². The van der Waals surface area contributed by atoms with Gasteiger partial charge < -0.3 is 14.4 Å². The monoisotopic (exact) mass is 339 g/mol. The first-order chi connectivity index (χ1) is 11.9. The molecule has 1 unspecified atom stereocenters. The second kappa shape index (κ2) is 5.61. The van der Waals surface area contributed by atoms with Gasteiger partial charge in [-0.25, -0.2) is 0 Å². The van der Waals surface area contributed by atoms with E-state index < -0.39 is 0 Å². The van der Waals surface area contributed by atoms with Gasteiger partial charge in [-0.1, -0.05) is 18.2 Å². The fourth-order valence-electron chi connectivity index (χ4n) is 4.73. The molecule has 4 rings (SSSR count). The van der Waals surface area contributed by atoms with Gasteiger partial charge in [0, 0.05) is 44.6 Å². The number of hydrogen-bond acceptors (Lipinski definition) is 2. The van der Waals surface area contributed by atoms with Gasteiger partial charge in [0.2, 0.25) is 5.91 Å². The molecule has 25 heavy (non-hydrogen) atoms. The first kappa shape index (κ1) is 16.2. The van der Waals surface area contributed by atoms with Crippen molar-refractivity contribution in [3.8, 4) is 0 Å². The smallest absolute Gasteiger partial charge is 0.270 e. The lowest BCUT2D eigenvalue weighted by molar-refractivity contribution is -0.143. The van der Waals surface area contributed by atoms with Crippen molar-refractivity contribution < 1.29 is 9.59 Å². The molecule has 0 aliphatic carbocycles. The zero-order valence-electron chi connectivity index (χ0n) is 15.2. The second-order valence-corrected chi connectivity index (χ2v) is 7.64. The Labute approximate surface area is 148 Å². The zero-order chi connectivity index (χ0) is 17.8. The Hall–Kier alpha value is -2.30. The van der Waals surface area contributed by atoms with Gasteiger partial charge in [-0.2, -0.15) is 0 Å². The standard InChI is InChI=1S/C20H25N3O2/c1-14-15-7-4-5-8-16(15)22(3)17(14)18(24)23-12-10-20(13-23)9-6-11-21(2)19(20)25/h4-5,7-8H,6,9-13H2,1-3H3. The number of nitrogens with zero attached hydrogens (tertiary/aromatic N) is 3. The number of carbonyl (C=O) groups is 2. The van der Waals surface area contributed by atoms with Gasteiger partial charge in [-0.05, 0) is 37.8 Å². The lowest BCUT2D eigenvalue weighted by Crippen LogP contribution is -2.48. The first-order valence-corrected chi connectivity index (χ1v) is 9.03. The lowest BCUT2D eigenvalue weighted by Gasteiger charge is -2.37. The molecule has 5 heteroatoms. The molecule has 2 saturated heterocycles. The maximum absolute atomic E-state index is 13.3. The van der Waals surface area contributed by atoms with Crippen LogP contribution in [-0.2, 0) is 11.8 Å². The van der Waals surface area contributed by atoms with Crippen molar-refractivity contribution in [2.75, 3.05) is 26.7 Å². The maximum Gasteiger partial charge on any atom is 0.270 e. The van der Waals surface area contributed by atoms with Crippen LogP contribution >= 0.6 is 0 Å². The van der Waals surface area contributed by atoms with Gasteiger partial charge >= 0.3 is 0 Å². The quantitative estimate of drug-likeness (QED) is 0.802. The summed E-state index contributed by atoms with van der Waals surface area (Å²) in [6.07, 6.45) is 2.70. The van der Waals surface area contributed by atoms with E-state index in [9.17, 15) is 9.59 Å². The van der Waals surface area contributed by atoms with Gasteiger partial charge in [0.1, 0.15) is 5.69 Å². The Balaban J connectivity index is 1.66. The fourth-order valence-corrected chi connectivity index (χ4v) is 4.73. The second-order valence-electron chi connectivity index (χ2n) is 7.64. The Kier molecular flexibility index (Phi) is 3.63. The number of piperidine rings is 1. The predicted molar refractivity (Wildman–Crippen MR) is 97.5 cm³/mol. The Morgan fingerprint density at radius 3 is 2.64 bits per heavy atom. The van der Waals surface area contributed by atoms with Crippen molar-refractivity contribution in [1.29, 1.82) is 0 Å². The van der Waals surface area contributed by atoms with Crippen LogP contribution in [-0.4, -0.2) is 52.9 Å². The normalized spacial score (nSPS) is 23.9. The Morgan fingerprint density at radius 1 is 1.12 bits per heavy atom. The van der Waals surface area contributed by atoms with Crippen LogP contribution in [0.25, 0.3) is 10.9 Å². The van der Waals surface area contributed by atoms with E-state index in [4.69, 9.17) is 0 Å². The third kappa shape index (κ3) is 2.29. The van der Waals surface area contributed by atoms with Crippen LogP contribution in [0.5, 0.6) is 0 Å². The number of para-hydroxylation sites is 1. The summed E-state index contributed by atoms with van der Waals surface area (Å²) in [4.78, 5) is 29.7. The van der Waals surface area contributed by atoms with Crippen LogP contribution in [0.15, 0.2) is 24.3 Å². The molecule has 132 valence electrons. The molecule has 0 radical (unpaired) electrons. The zero-order valence-corrected chi connectivity index (χ0v) is 15.2. The number of amides is 2. The number of likely N-dealkylation sites (tertiary alicyclic amines) is 2. The predicted octanol–water partition coefficient (Wildman–Crippen LogP) is 2.57. The molecular formula is C20H25N3O2. The van der Waals surface area contributed by atoms with Crippen LogP contribution in [0.2, 0.25) is 0 Å². The number of hydrogen-bond donors (Lipinski definition) is 0. The van der Waals surface area contributed by atoms with Crippen LogP contribution < -0.4 is 0 Å². The van der Waals surface area contributed by atoms with Gasteiger partial charge in [0.15, 0.2) is 0 Å². The summed E-state index contributed by atoms with van der Waals surface area (Å²) in [5, 5.41) is 1.12. The van der Waals surface area contributed by atoms with Gasteiger partial charge in [0.05, 0.1) is 5.41 Å². The van der Waals surface area contributed by atoms with Crippen molar-refractivity contribution >= 4 is 22.7 Å². The van der Waals surface area contributed by atoms with Crippen molar-refractivity contribution in [2.45, 2.75) is 26.2 Å². The molecular weight excluding hydrogens is 314 g/mol. The summed E-state index contributed by atoms with van der Waals surface area (Å²) in [5.41, 5.74) is 2.48. The summed E-state index contributed by atoms with van der Waals surface area (Å²) in [6, 6.07) is 8.11. The minimum atomic E-state index is -0.360. The summed E-state index contributed by atoms with van der Waals surface area (Å²) in [7, 11) is 3.83. The summed E-state index contributed by atoms with van der Waals surface area (Å²) in [6.45, 7) is 4.06. The molecule has 2 fully saturated rings. The number of benzene rings is 1. The number of rotatable bonds is 1. The van der Waals surface area contributed by atoms with Crippen molar-refractivity contribution in [3.63, 3.8) is 0 Å². The fraction of sp³-hybridized carbons (Fsp3) is 0.500. The maximum atomic E-state index is 13.3. The molecule has 3 heterocycles. The minimum absolute atomic E-state index is 0.0501. The largest absolute Gasteiger partial charge is 0.345 e. The van der Waals surface area contributed by atoms with Crippen LogP contribution in [0.1, 0.15) is 35.3 Å². The van der Waals surface area contributed by atoms with Gasteiger partial charge in [0.25, 0.3) is 5.91 Å². The number of aromatic nitrogens is 1. The van der Waals surface area contributed by atoms with Crippen molar-refractivity contribution in [1.82, 2.24) is 14.4 Å². The third-order valence-corrected chi connectivity index (χ3v) is 6.15. The van der Waals surface area contributed by atoms with E-state index in [0.29, 0.717) is 13.1 Å². The van der Waals surface area contributed by atoms with E-state index in [0.717, 1.165) is 48.0 Å². The number of aryl methyl sites for hydroxylation is 2. The molecule has 1 aromatic heterocycles. The molecule has 1 spiro atoms. The molecule has 1 aromatic carbocycles. The Morgan fingerprint density at radius 2 is 1.88 bits per heavy atom. The third-order valence-electron chi connectivity index (χ3n) is 6.15. The van der Waals surface area contributed by atoms with E-state index in [-0.39, 0.29) is 17.2 Å². The molecule has 5 nitrogen and oxygen atoms in total. The van der Waals surface area contributed by atoms with Crippen molar-refractivity contribution in [2.24, 2.45) is 12.5 Å². The molecule has 2 amide bonds. The van der Waals surface area contributed by atoms with E-state index in [2.05, 4.69) is 6.07 Å². The molecule has 2 aliphatic heterocycles. The molecule has 2 aliphatic rings. The average molecular weight is 339 g/mol. The van der Waals surface area contributed by atoms with Crippen LogP contribution in [0.4, 0.5) is 0 Å². The van der Waals surface area contributed by atoms with E-state index in [1.807, 2.05) is 53.6 Å². The highest BCUT2D eigenvalue weighted by molar-refractivity contribution is 6.02. The highest BCUT2D eigenvalue weighted by atomic mass is 16.2. The molecule has 0 bridgehead atoms. The molecule has 0 saturated carbocycles.